The van der Waals surface area contributed by atoms with Crippen molar-refractivity contribution in [3.05, 3.63) is 34.5 Å². The number of hydrogen-bond acceptors (Lipinski definition) is 2. The lowest BCUT2D eigenvalue weighted by Crippen LogP contribution is -2.03. The van der Waals surface area contributed by atoms with Crippen molar-refractivity contribution in [1.29, 1.82) is 0 Å². The number of carboxylic acids is 1. The van der Waals surface area contributed by atoms with E-state index >= 15 is 0 Å². The van der Waals surface area contributed by atoms with Crippen LogP contribution in [-0.4, -0.2) is 20.7 Å². The van der Waals surface area contributed by atoms with Crippen molar-refractivity contribution in [2.45, 2.75) is 46.8 Å². The molecule has 1 unspecified atom stereocenters. The van der Waals surface area contributed by atoms with Crippen molar-refractivity contribution >= 4 is 16.9 Å². The lowest BCUT2D eigenvalue weighted by molar-refractivity contribution is 0.0696. The largest absolute Gasteiger partial charge is 0.478 e. The van der Waals surface area contributed by atoms with Crippen LogP contribution in [0.1, 0.15) is 53.4 Å². The Labute approximate surface area is 118 Å². The Balaban J connectivity index is 2.90. The number of hydrogen-bond donors (Lipinski definition) is 2. The van der Waals surface area contributed by atoms with Gasteiger partial charge < -0.3 is 14.8 Å². The average molecular weight is 275 g/mol. The summed E-state index contributed by atoms with van der Waals surface area (Å²) >= 11 is 0. The molecule has 108 valence electrons. The highest BCUT2D eigenvalue weighted by molar-refractivity contribution is 6.00. The SMILES string of the molecule is CCCn1cc(C(C)O)c2c(C)c(C(=O)O)cc(C)c21. The van der Waals surface area contributed by atoms with Gasteiger partial charge in [-0.1, -0.05) is 6.92 Å². The minimum Gasteiger partial charge on any atom is -0.478 e. The quantitative estimate of drug-likeness (QED) is 0.898. The fourth-order valence-corrected chi connectivity index (χ4v) is 2.88. The summed E-state index contributed by atoms with van der Waals surface area (Å²) in [5.41, 5.74) is 3.81. The number of carboxylic acid groups (broad SMARTS) is 1. The van der Waals surface area contributed by atoms with Crippen molar-refractivity contribution in [2.24, 2.45) is 0 Å². The monoisotopic (exact) mass is 275 g/mol. The maximum absolute atomic E-state index is 11.4. The molecule has 0 amide bonds. The number of carbonyl (C=O) groups is 1. The number of aliphatic hydroxyl groups excluding tert-OH is 1. The van der Waals surface area contributed by atoms with Crippen LogP contribution in [0, 0.1) is 13.8 Å². The average Bonchev–Trinajstić information content (AvgIpc) is 2.74. The summed E-state index contributed by atoms with van der Waals surface area (Å²) in [5, 5.41) is 20.2. The van der Waals surface area contributed by atoms with Gasteiger partial charge in [0.2, 0.25) is 0 Å². The smallest absolute Gasteiger partial charge is 0.335 e. The normalized spacial score (nSPS) is 12.8. The fraction of sp³-hybridized carbons (Fsp3) is 0.438. The van der Waals surface area contributed by atoms with Crippen LogP contribution in [-0.2, 0) is 6.54 Å². The van der Waals surface area contributed by atoms with Gasteiger partial charge in [0.25, 0.3) is 0 Å². The van der Waals surface area contributed by atoms with E-state index in [-0.39, 0.29) is 0 Å². The number of nitrogens with zero attached hydrogens (tertiary/aromatic N) is 1. The first kappa shape index (κ1) is 14.6. The van der Waals surface area contributed by atoms with Gasteiger partial charge in [0.05, 0.1) is 17.2 Å². The number of aromatic nitrogens is 1. The van der Waals surface area contributed by atoms with Crippen LogP contribution in [0.5, 0.6) is 0 Å². The zero-order chi connectivity index (χ0) is 15.0. The van der Waals surface area contributed by atoms with Gasteiger partial charge in [-0.3, -0.25) is 0 Å². The predicted molar refractivity (Wildman–Crippen MR) is 79.3 cm³/mol. The molecular formula is C16H21NO3. The molecule has 0 aliphatic carbocycles. The van der Waals surface area contributed by atoms with Gasteiger partial charge in [-0.15, -0.1) is 0 Å². The number of rotatable bonds is 4. The number of aliphatic hydroxyl groups is 1. The highest BCUT2D eigenvalue weighted by Crippen LogP contribution is 2.33. The first-order valence-electron chi connectivity index (χ1n) is 6.92. The zero-order valence-corrected chi connectivity index (χ0v) is 12.4. The van der Waals surface area contributed by atoms with Crippen molar-refractivity contribution in [1.82, 2.24) is 4.57 Å². The molecule has 20 heavy (non-hydrogen) atoms. The van der Waals surface area contributed by atoms with E-state index in [4.69, 9.17) is 0 Å². The van der Waals surface area contributed by atoms with Crippen LogP contribution in [0.2, 0.25) is 0 Å². The van der Waals surface area contributed by atoms with E-state index in [0.717, 1.165) is 40.6 Å². The number of fused-ring (bicyclic) bond motifs is 1. The highest BCUT2D eigenvalue weighted by atomic mass is 16.4. The van der Waals surface area contributed by atoms with Crippen LogP contribution in [0.15, 0.2) is 12.3 Å². The van der Waals surface area contributed by atoms with Crippen LogP contribution in [0.3, 0.4) is 0 Å². The van der Waals surface area contributed by atoms with Gasteiger partial charge in [0.15, 0.2) is 0 Å². The van der Waals surface area contributed by atoms with Gasteiger partial charge in [0, 0.05) is 23.7 Å². The molecule has 1 aromatic carbocycles. The lowest BCUT2D eigenvalue weighted by atomic mass is 9.97. The van der Waals surface area contributed by atoms with E-state index in [1.165, 1.54) is 0 Å². The molecule has 0 spiro atoms. The molecular weight excluding hydrogens is 254 g/mol. The number of aryl methyl sites for hydroxylation is 3. The Kier molecular flexibility index (Phi) is 3.86. The number of aromatic carboxylic acids is 1. The second-order valence-electron chi connectivity index (χ2n) is 5.35. The summed E-state index contributed by atoms with van der Waals surface area (Å²) in [4.78, 5) is 11.4. The van der Waals surface area contributed by atoms with Crippen molar-refractivity contribution in [3.8, 4) is 0 Å². The van der Waals surface area contributed by atoms with Crippen LogP contribution in [0.25, 0.3) is 10.9 Å². The molecule has 0 bridgehead atoms. The molecule has 4 heteroatoms. The third-order valence-electron chi connectivity index (χ3n) is 3.77. The maximum Gasteiger partial charge on any atom is 0.335 e. The van der Waals surface area contributed by atoms with Gasteiger partial charge in [0.1, 0.15) is 0 Å². The predicted octanol–water partition coefficient (Wildman–Crippen LogP) is 3.42. The second-order valence-corrected chi connectivity index (χ2v) is 5.35. The zero-order valence-electron chi connectivity index (χ0n) is 12.4. The molecule has 0 radical (unpaired) electrons. The Bertz CT molecular complexity index is 668. The van der Waals surface area contributed by atoms with Crippen molar-refractivity contribution in [2.75, 3.05) is 0 Å². The molecule has 0 aliphatic heterocycles. The van der Waals surface area contributed by atoms with Crippen LogP contribution in [0.4, 0.5) is 0 Å². The summed E-state index contributed by atoms with van der Waals surface area (Å²) in [6.07, 6.45) is 2.32. The molecule has 0 fully saturated rings. The fourth-order valence-electron chi connectivity index (χ4n) is 2.88. The highest BCUT2D eigenvalue weighted by Gasteiger charge is 2.20. The minimum absolute atomic E-state index is 0.311. The Morgan fingerprint density at radius 2 is 2.05 bits per heavy atom. The topological polar surface area (TPSA) is 62.5 Å². The summed E-state index contributed by atoms with van der Waals surface area (Å²) in [7, 11) is 0. The van der Waals surface area contributed by atoms with Crippen molar-refractivity contribution < 1.29 is 15.0 Å². The Morgan fingerprint density at radius 3 is 2.55 bits per heavy atom. The van der Waals surface area contributed by atoms with E-state index in [1.54, 1.807) is 13.0 Å². The van der Waals surface area contributed by atoms with Crippen LogP contribution >= 0.6 is 0 Å². The third-order valence-corrected chi connectivity index (χ3v) is 3.77. The molecule has 0 saturated heterocycles. The molecule has 4 nitrogen and oxygen atoms in total. The van der Waals surface area contributed by atoms with E-state index < -0.39 is 12.1 Å². The van der Waals surface area contributed by atoms with Crippen LogP contribution < -0.4 is 0 Å². The summed E-state index contributed by atoms with van der Waals surface area (Å²) in [6, 6.07) is 1.72. The first-order valence-corrected chi connectivity index (χ1v) is 6.92. The third kappa shape index (κ3) is 2.20. The van der Waals surface area contributed by atoms with Gasteiger partial charge >= 0.3 is 5.97 Å². The molecule has 1 aromatic heterocycles. The van der Waals surface area contributed by atoms with Gasteiger partial charge in [-0.05, 0) is 44.4 Å². The van der Waals surface area contributed by atoms with E-state index in [0.29, 0.717) is 5.56 Å². The summed E-state index contributed by atoms with van der Waals surface area (Å²) in [6.45, 7) is 8.41. The summed E-state index contributed by atoms with van der Waals surface area (Å²) in [5.74, 6) is -0.924. The second kappa shape index (κ2) is 5.29. The molecule has 0 saturated carbocycles. The summed E-state index contributed by atoms with van der Waals surface area (Å²) < 4.78 is 2.12. The Hall–Kier alpha value is -1.81. The van der Waals surface area contributed by atoms with Crippen molar-refractivity contribution in [3.63, 3.8) is 0 Å². The molecule has 2 aromatic rings. The molecule has 1 heterocycles. The molecule has 0 aliphatic rings. The first-order chi connectivity index (χ1) is 9.38. The van der Waals surface area contributed by atoms with E-state index in [1.807, 2.05) is 20.0 Å². The Morgan fingerprint density at radius 1 is 1.40 bits per heavy atom. The molecule has 1 atom stereocenters. The standard InChI is InChI=1S/C16H21NO3/c1-5-6-17-8-13(11(4)18)14-10(3)12(16(19)20)7-9(2)15(14)17/h7-8,11,18H,5-6H2,1-4H3,(H,19,20). The number of benzene rings is 1. The molecule has 2 N–H and O–H groups in total. The minimum atomic E-state index is -0.924. The van der Waals surface area contributed by atoms with E-state index in [2.05, 4.69) is 11.5 Å². The molecule has 2 rings (SSSR count). The van der Waals surface area contributed by atoms with Gasteiger partial charge in [-0.2, -0.15) is 0 Å². The van der Waals surface area contributed by atoms with E-state index in [9.17, 15) is 15.0 Å². The van der Waals surface area contributed by atoms with Gasteiger partial charge in [-0.25, -0.2) is 4.79 Å². The lowest BCUT2D eigenvalue weighted by Gasteiger charge is -2.11. The maximum atomic E-state index is 11.4.